The van der Waals surface area contributed by atoms with Gasteiger partial charge in [0.15, 0.2) is 5.82 Å². The molecule has 4 heterocycles. The molecular weight excluding hydrogens is 314 g/mol. The molecule has 25 heavy (non-hydrogen) atoms. The molecular formula is C18H23N7. The van der Waals surface area contributed by atoms with Crippen molar-refractivity contribution >= 4 is 16.9 Å². The van der Waals surface area contributed by atoms with Gasteiger partial charge >= 0.3 is 0 Å². The van der Waals surface area contributed by atoms with Crippen molar-refractivity contribution in [3.05, 3.63) is 30.9 Å². The Morgan fingerprint density at radius 1 is 1.32 bits per heavy atom. The Kier molecular flexibility index (Phi) is 4.56. The smallest absolute Gasteiger partial charge is 0.154 e. The van der Waals surface area contributed by atoms with Crippen molar-refractivity contribution in [2.24, 2.45) is 5.92 Å². The molecule has 1 atom stereocenters. The molecule has 1 aliphatic heterocycles. The summed E-state index contributed by atoms with van der Waals surface area (Å²) in [4.78, 5) is 13.8. The van der Waals surface area contributed by atoms with Crippen molar-refractivity contribution in [1.29, 1.82) is 0 Å². The number of hydrogen-bond donors (Lipinski definition) is 2. The molecule has 0 spiro atoms. The van der Waals surface area contributed by atoms with Gasteiger partial charge in [0, 0.05) is 37.2 Å². The average molecular weight is 337 g/mol. The first-order chi connectivity index (χ1) is 12.3. The van der Waals surface area contributed by atoms with Gasteiger partial charge < -0.3 is 10.6 Å². The van der Waals surface area contributed by atoms with Crippen molar-refractivity contribution < 1.29 is 0 Å². The molecule has 0 aromatic carbocycles. The van der Waals surface area contributed by atoms with Crippen LogP contribution in [0.3, 0.4) is 0 Å². The van der Waals surface area contributed by atoms with Gasteiger partial charge in [-0.15, -0.1) is 0 Å². The van der Waals surface area contributed by atoms with Crippen LogP contribution in [0, 0.1) is 5.92 Å². The zero-order valence-electron chi connectivity index (χ0n) is 14.4. The van der Waals surface area contributed by atoms with Gasteiger partial charge in [-0.25, -0.2) is 9.97 Å². The van der Waals surface area contributed by atoms with E-state index < -0.39 is 0 Å². The van der Waals surface area contributed by atoms with Crippen LogP contribution >= 0.6 is 0 Å². The highest BCUT2D eigenvalue weighted by molar-refractivity contribution is 5.88. The number of hydrogen-bond acceptors (Lipinski definition) is 6. The van der Waals surface area contributed by atoms with Crippen LogP contribution in [-0.4, -0.2) is 44.4 Å². The fraction of sp³-hybridized carbons (Fsp3) is 0.444. The van der Waals surface area contributed by atoms with Gasteiger partial charge in [-0.2, -0.15) is 5.10 Å². The predicted octanol–water partition coefficient (Wildman–Crippen LogP) is 2.32. The second-order valence-corrected chi connectivity index (χ2v) is 6.46. The molecule has 0 aliphatic carbocycles. The van der Waals surface area contributed by atoms with E-state index in [-0.39, 0.29) is 0 Å². The summed E-state index contributed by atoms with van der Waals surface area (Å²) in [5, 5.41) is 11.3. The SMILES string of the molecule is CCn1cc(-c2cc3nccnc3c(NCC3CCCNC3)n2)cn1. The van der Waals surface area contributed by atoms with Crippen LogP contribution in [0.4, 0.5) is 5.82 Å². The van der Waals surface area contributed by atoms with Crippen LogP contribution in [0.15, 0.2) is 30.9 Å². The van der Waals surface area contributed by atoms with Crippen molar-refractivity contribution in [3.8, 4) is 11.3 Å². The summed E-state index contributed by atoms with van der Waals surface area (Å²) >= 11 is 0. The molecule has 3 aromatic rings. The number of aromatic nitrogens is 5. The third-order valence-electron chi connectivity index (χ3n) is 4.67. The Labute approximate surface area is 146 Å². The number of fused-ring (bicyclic) bond motifs is 1. The molecule has 1 aliphatic rings. The van der Waals surface area contributed by atoms with Crippen molar-refractivity contribution in [2.45, 2.75) is 26.3 Å². The molecule has 0 bridgehead atoms. The van der Waals surface area contributed by atoms with Crippen molar-refractivity contribution in [2.75, 3.05) is 25.0 Å². The molecule has 7 heteroatoms. The Hall–Kier alpha value is -2.54. The molecule has 0 amide bonds. The van der Waals surface area contributed by atoms with E-state index in [1.54, 1.807) is 12.4 Å². The number of rotatable bonds is 5. The summed E-state index contributed by atoms with van der Waals surface area (Å²) in [5.41, 5.74) is 3.53. The van der Waals surface area contributed by atoms with E-state index in [0.717, 1.165) is 54.3 Å². The van der Waals surface area contributed by atoms with Crippen molar-refractivity contribution in [3.63, 3.8) is 0 Å². The number of nitrogens with zero attached hydrogens (tertiary/aromatic N) is 5. The standard InChI is InChI=1S/C18H23N7/c1-2-25-12-14(11-23-25)15-8-16-17(21-7-6-20-16)18(24-15)22-10-13-4-3-5-19-9-13/h6-8,11-13,19H,2-5,9-10H2,1H3,(H,22,24). The first-order valence-electron chi connectivity index (χ1n) is 8.92. The molecule has 1 fully saturated rings. The molecule has 0 radical (unpaired) electrons. The first kappa shape index (κ1) is 16.0. The van der Waals surface area contributed by atoms with Crippen LogP contribution in [0.2, 0.25) is 0 Å². The minimum absolute atomic E-state index is 0.619. The van der Waals surface area contributed by atoms with E-state index >= 15 is 0 Å². The lowest BCUT2D eigenvalue weighted by atomic mass is 10.00. The van der Waals surface area contributed by atoms with E-state index in [1.165, 1.54) is 12.8 Å². The fourth-order valence-electron chi connectivity index (χ4n) is 3.25. The summed E-state index contributed by atoms with van der Waals surface area (Å²) < 4.78 is 1.90. The third kappa shape index (κ3) is 3.46. The molecule has 130 valence electrons. The Morgan fingerprint density at radius 3 is 3.04 bits per heavy atom. The Bertz CT molecular complexity index is 852. The van der Waals surface area contributed by atoms with Crippen LogP contribution in [0.5, 0.6) is 0 Å². The zero-order chi connectivity index (χ0) is 17.1. The monoisotopic (exact) mass is 337 g/mol. The fourth-order valence-corrected chi connectivity index (χ4v) is 3.25. The number of piperidine rings is 1. The van der Waals surface area contributed by atoms with Gasteiger partial charge in [0.25, 0.3) is 0 Å². The second kappa shape index (κ2) is 7.14. The Morgan fingerprint density at radius 2 is 2.24 bits per heavy atom. The van der Waals surface area contributed by atoms with Gasteiger partial charge in [-0.3, -0.25) is 9.67 Å². The number of anilines is 1. The lowest BCUT2D eigenvalue weighted by Gasteiger charge is -2.23. The second-order valence-electron chi connectivity index (χ2n) is 6.46. The molecule has 7 nitrogen and oxygen atoms in total. The highest BCUT2D eigenvalue weighted by Gasteiger charge is 2.15. The molecule has 4 rings (SSSR count). The van der Waals surface area contributed by atoms with Gasteiger partial charge in [-0.05, 0) is 44.8 Å². The van der Waals surface area contributed by atoms with Gasteiger partial charge in [0.2, 0.25) is 0 Å². The van der Waals surface area contributed by atoms with Crippen LogP contribution in [-0.2, 0) is 6.54 Å². The summed E-state index contributed by atoms with van der Waals surface area (Å²) in [6.07, 6.45) is 9.77. The van der Waals surface area contributed by atoms with Crippen LogP contribution in [0.25, 0.3) is 22.3 Å². The first-order valence-corrected chi connectivity index (χ1v) is 8.92. The Balaban J connectivity index is 1.65. The van der Waals surface area contributed by atoms with Gasteiger partial charge in [0.05, 0.1) is 17.4 Å². The summed E-state index contributed by atoms with van der Waals surface area (Å²) in [6, 6.07) is 1.98. The maximum atomic E-state index is 4.82. The molecule has 0 saturated carbocycles. The van der Waals surface area contributed by atoms with Crippen LogP contribution in [0.1, 0.15) is 19.8 Å². The summed E-state index contributed by atoms with van der Waals surface area (Å²) in [6.45, 7) is 5.98. The summed E-state index contributed by atoms with van der Waals surface area (Å²) in [7, 11) is 0. The lowest BCUT2D eigenvalue weighted by molar-refractivity contribution is 0.392. The lowest BCUT2D eigenvalue weighted by Crippen LogP contribution is -2.33. The largest absolute Gasteiger partial charge is 0.368 e. The van der Waals surface area contributed by atoms with Crippen LogP contribution < -0.4 is 10.6 Å². The van der Waals surface area contributed by atoms with E-state index in [2.05, 4.69) is 32.6 Å². The highest BCUT2D eigenvalue weighted by Crippen LogP contribution is 2.25. The average Bonchev–Trinajstić information content (AvgIpc) is 3.16. The molecule has 1 unspecified atom stereocenters. The molecule has 3 aromatic heterocycles. The van der Waals surface area contributed by atoms with E-state index in [0.29, 0.717) is 5.92 Å². The number of aryl methyl sites for hydroxylation is 1. The highest BCUT2D eigenvalue weighted by atomic mass is 15.3. The van der Waals surface area contributed by atoms with Crippen molar-refractivity contribution in [1.82, 2.24) is 30.0 Å². The summed E-state index contributed by atoms with van der Waals surface area (Å²) in [5.74, 6) is 1.42. The quantitative estimate of drug-likeness (QED) is 0.744. The third-order valence-corrected chi connectivity index (χ3v) is 4.67. The topological polar surface area (TPSA) is 80.5 Å². The maximum absolute atomic E-state index is 4.82. The van der Waals surface area contributed by atoms with E-state index in [9.17, 15) is 0 Å². The minimum atomic E-state index is 0.619. The molecule has 2 N–H and O–H groups in total. The number of nitrogens with one attached hydrogen (secondary N) is 2. The van der Waals surface area contributed by atoms with Gasteiger partial charge in [0.1, 0.15) is 5.52 Å². The van der Waals surface area contributed by atoms with E-state index in [1.807, 2.05) is 23.1 Å². The zero-order valence-corrected chi connectivity index (χ0v) is 14.4. The number of pyridine rings is 1. The minimum Gasteiger partial charge on any atom is -0.368 e. The predicted molar refractivity (Wildman–Crippen MR) is 98.3 cm³/mol. The van der Waals surface area contributed by atoms with Gasteiger partial charge in [-0.1, -0.05) is 0 Å². The normalized spacial score (nSPS) is 17.7. The van der Waals surface area contributed by atoms with E-state index in [4.69, 9.17) is 4.98 Å². The molecule has 1 saturated heterocycles. The maximum Gasteiger partial charge on any atom is 0.154 e.